The lowest BCUT2D eigenvalue weighted by atomic mass is 10.0. The summed E-state index contributed by atoms with van der Waals surface area (Å²) in [6, 6.07) is 18.9. The smallest absolute Gasteiger partial charge is 0.244 e. The largest absolute Gasteiger partial charge is 0.354 e. The van der Waals surface area contributed by atoms with Gasteiger partial charge in [0.2, 0.25) is 21.8 Å². The van der Waals surface area contributed by atoms with E-state index < -0.39 is 40.2 Å². The van der Waals surface area contributed by atoms with Crippen LogP contribution < -0.4 is 9.62 Å². The van der Waals surface area contributed by atoms with Crippen molar-refractivity contribution in [3.05, 3.63) is 100 Å². The van der Waals surface area contributed by atoms with Crippen molar-refractivity contribution in [1.29, 1.82) is 0 Å². The van der Waals surface area contributed by atoms with E-state index in [-0.39, 0.29) is 30.1 Å². The minimum Gasteiger partial charge on any atom is -0.354 e. The number of carbonyl (C=O) groups excluding carboxylic acids is 2. The molecule has 1 N–H and O–H groups in total. The van der Waals surface area contributed by atoms with Crippen LogP contribution in [0.15, 0.2) is 72.8 Å². The lowest BCUT2D eigenvalue weighted by molar-refractivity contribution is -0.140. The number of carbonyl (C=O) groups is 2. The van der Waals surface area contributed by atoms with E-state index in [1.165, 1.54) is 29.2 Å². The average Bonchev–Trinajstić information content (AvgIpc) is 2.90. The van der Waals surface area contributed by atoms with Gasteiger partial charge in [0.25, 0.3) is 0 Å². The third-order valence-electron chi connectivity index (χ3n) is 6.37. The molecule has 0 aliphatic rings. The number of sulfonamides is 1. The highest BCUT2D eigenvalue weighted by atomic mass is 35.5. The molecule has 0 aromatic heterocycles. The lowest BCUT2D eigenvalue weighted by Crippen LogP contribution is -2.53. The number of nitrogens with one attached hydrogen (secondary N) is 1. The summed E-state index contributed by atoms with van der Waals surface area (Å²) in [7, 11) is -3.94. The summed E-state index contributed by atoms with van der Waals surface area (Å²) in [6.45, 7) is 5.16. The first kappa shape index (κ1) is 31.1. The Morgan fingerprint density at radius 2 is 1.65 bits per heavy atom. The summed E-state index contributed by atoms with van der Waals surface area (Å²) >= 11 is 6.17. The quantitative estimate of drug-likeness (QED) is 0.324. The highest BCUT2D eigenvalue weighted by Gasteiger charge is 2.33. The third-order valence-corrected chi connectivity index (χ3v) is 7.73. The van der Waals surface area contributed by atoms with E-state index in [1.54, 1.807) is 25.1 Å². The zero-order valence-electron chi connectivity index (χ0n) is 23.1. The number of amides is 2. The molecule has 7 nitrogen and oxygen atoms in total. The predicted octanol–water partition coefficient (Wildman–Crippen LogP) is 4.97. The maximum Gasteiger partial charge on any atom is 0.244 e. The summed E-state index contributed by atoms with van der Waals surface area (Å²) in [5, 5.41) is 3.20. The van der Waals surface area contributed by atoms with Gasteiger partial charge in [0.15, 0.2) is 0 Å². The number of benzene rings is 3. The monoisotopic (exact) mass is 587 g/mol. The topological polar surface area (TPSA) is 86.8 Å². The molecule has 0 aliphatic heterocycles. The van der Waals surface area contributed by atoms with Crippen molar-refractivity contribution in [2.24, 2.45) is 5.92 Å². The Hall–Kier alpha value is -3.43. The standard InChI is InChI=1S/C30H35ClFN3O4S/c1-21(2)18-33-30(37)28(16-23-10-6-5-7-11-23)34(19-24-12-8-9-13-26(24)32)29(36)20-35(40(4,38)39)27-17-25(31)15-14-22(27)3/h5-15,17,21,28H,16,18-20H2,1-4H3,(H,33,37)/t28-/m1/s1. The number of nitrogens with zero attached hydrogens (tertiary/aromatic N) is 2. The molecule has 0 saturated heterocycles. The minimum atomic E-state index is -3.94. The van der Waals surface area contributed by atoms with E-state index in [0.717, 1.165) is 16.1 Å². The molecule has 0 unspecified atom stereocenters. The second-order valence-corrected chi connectivity index (χ2v) is 12.5. The summed E-state index contributed by atoms with van der Waals surface area (Å²) in [5.74, 6) is -1.45. The lowest BCUT2D eigenvalue weighted by Gasteiger charge is -2.34. The highest BCUT2D eigenvalue weighted by molar-refractivity contribution is 7.92. The average molecular weight is 588 g/mol. The number of hydrogen-bond donors (Lipinski definition) is 1. The van der Waals surface area contributed by atoms with Gasteiger partial charge < -0.3 is 10.2 Å². The van der Waals surface area contributed by atoms with Crippen LogP contribution in [-0.4, -0.2) is 50.5 Å². The first-order valence-corrected chi connectivity index (χ1v) is 15.2. The van der Waals surface area contributed by atoms with Crippen LogP contribution in [0.2, 0.25) is 5.02 Å². The Bertz CT molecular complexity index is 1430. The Morgan fingerprint density at radius 3 is 2.27 bits per heavy atom. The van der Waals surface area contributed by atoms with Crippen LogP contribution in [0, 0.1) is 18.7 Å². The van der Waals surface area contributed by atoms with Crippen LogP contribution in [0.3, 0.4) is 0 Å². The van der Waals surface area contributed by atoms with Crippen LogP contribution in [-0.2, 0) is 32.6 Å². The van der Waals surface area contributed by atoms with Crippen molar-refractivity contribution < 1.29 is 22.4 Å². The van der Waals surface area contributed by atoms with Crippen molar-refractivity contribution in [3.8, 4) is 0 Å². The Labute approximate surface area is 241 Å². The highest BCUT2D eigenvalue weighted by Crippen LogP contribution is 2.27. The molecule has 0 bridgehead atoms. The number of anilines is 1. The van der Waals surface area contributed by atoms with Gasteiger partial charge in [-0.15, -0.1) is 0 Å². The van der Waals surface area contributed by atoms with Crippen molar-refractivity contribution >= 4 is 39.1 Å². The fourth-order valence-electron chi connectivity index (χ4n) is 4.23. The van der Waals surface area contributed by atoms with Gasteiger partial charge >= 0.3 is 0 Å². The molecular weight excluding hydrogens is 553 g/mol. The molecule has 1 atom stereocenters. The number of halogens is 2. The molecule has 3 aromatic carbocycles. The van der Waals surface area contributed by atoms with Crippen LogP contribution >= 0.6 is 11.6 Å². The van der Waals surface area contributed by atoms with E-state index in [2.05, 4.69) is 5.32 Å². The minimum absolute atomic E-state index is 0.153. The molecule has 0 saturated carbocycles. The maximum atomic E-state index is 14.8. The van der Waals surface area contributed by atoms with Crippen LogP contribution in [0.25, 0.3) is 0 Å². The summed E-state index contributed by atoms with van der Waals surface area (Å²) in [5.41, 5.74) is 1.84. The molecule has 3 rings (SSSR count). The summed E-state index contributed by atoms with van der Waals surface area (Å²) in [4.78, 5) is 28.9. The summed E-state index contributed by atoms with van der Waals surface area (Å²) in [6.07, 6.45) is 1.15. The van der Waals surface area contributed by atoms with Gasteiger partial charge in [0.05, 0.1) is 11.9 Å². The van der Waals surface area contributed by atoms with E-state index >= 15 is 0 Å². The van der Waals surface area contributed by atoms with E-state index in [4.69, 9.17) is 11.6 Å². The second kappa shape index (κ2) is 13.8. The molecule has 40 heavy (non-hydrogen) atoms. The van der Waals surface area contributed by atoms with Gasteiger partial charge in [-0.1, -0.05) is 80.0 Å². The van der Waals surface area contributed by atoms with Gasteiger partial charge in [0.1, 0.15) is 18.4 Å². The van der Waals surface area contributed by atoms with Crippen molar-refractivity contribution in [3.63, 3.8) is 0 Å². The maximum absolute atomic E-state index is 14.8. The zero-order chi connectivity index (χ0) is 29.4. The molecule has 0 radical (unpaired) electrons. The fraction of sp³-hybridized carbons (Fsp3) is 0.333. The SMILES string of the molecule is Cc1ccc(Cl)cc1N(CC(=O)N(Cc1ccccc1F)[C@H](Cc1ccccc1)C(=O)NCC(C)C)S(C)(=O)=O. The van der Waals surface area contributed by atoms with Crippen molar-refractivity contribution in [1.82, 2.24) is 10.2 Å². The van der Waals surface area contributed by atoms with Gasteiger partial charge in [0, 0.05) is 30.1 Å². The zero-order valence-corrected chi connectivity index (χ0v) is 24.7. The van der Waals surface area contributed by atoms with Gasteiger partial charge in [-0.2, -0.15) is 0 Å². The first-order valence-electron chi connectivity index (χ1n) is 12.9. The molecule has 10 heteroatoms. The molecule has 0 heterocycles. The number of hydrogen-bond acceptors (Lipinski definition) is 4. The third kappa shape index (κ3) is 8.53. The number of rotatable bonds is 12. The normalized spacial score (nSPS) is 12.2. The van der Waals surface area contributed by atoms with Gasteiger partial charge in [-0.3, -0.25) is 13.9 Å². The van der Waals surface area contributed by atoms with Crippen molar-refractivity contribution in [2.75, 3.05) is 23.7 Å². The Balaban J connectivity index is 2.08. The molecule has 2 amide bonds. The molecule has 0 fully saturated rings. The summed E-state index contributed by atoms with van der Waals surface area (Å²) < 4.78 is 41.6. The molecule has 214 valence electrons. The van der Waals surface area contributed by atoms with Gasteiger partial charge in [-0.05, 0) is 42.2 Å². The first-order chi connectivity index (χ1) is 18.9. The number of aryl methyl sites for hydroxylation is 1. The predicted molar refractivity (Wildman–Crippen MR) is 157 cm³/mol. The second-order valence-electron chi connectivity index (χ2n) is 10.2. The van der Waals surface area contributed by atoms with Crippen LogP contribution in [0.5, 0.6) is 0 Å². The van der Waals surface area contributed by atoms with E-state index in [0.29, 0.717) is 17.1 Å². The van der Waals surface area contributed by atoms with E-state index in [9.17, 15) is 22.4 Å². The van der Waals surface area contributed by atoms with Crippen LogP contribution in [0.1, 0.15) is 30.5 Å². The molecular formula is C30H35ClFN3O4S. The van der Waals surface area contributed by atoms with Crippen molar-refractivity contribution in [2.45, 2.75) is 39.8 Å². The van der Waals surface area contributed by atoms with Crippen LogP contribution in [0.4, 0.5) is 10.1 Å². The van der Waals surface area contributed by atoms with E-state index in [1.807, 2.05) is 44.2 Å². The fourth-order valence-corrected chi connectivity index (χ4v) is 5.30. The Kier molecular flexibility index (Phi) is 10.7. The Morgan fingerprint density at radius 1 is 1.00 bits per heavy atom. The molecule has 0 aliphatic carbocycles. The van der Waals surface area contributed by atoms with Gasteiger partial charge in [-0.25, -0.2) is 12.8 Å². The molecule has 0 spiro atoms. The molecule has 3 aromatic rings.